The highest BCUT2D eigenvalue weighted by atomic mass is 32.2. The Hall–Kier alpha value is -1.81. The molecule has 1 aromatic carbocycles. The summed E-state index contributed by atoms with van der Waals surface area (Å²) in [6.45, 7) is 0.879. The van der Waals surface area contributed by atoms with Crippen LogP contribution in [0.3, 0.4) is 0 Å². The van der Waals surface area contributed by atoms with E-state index in [-0.39, 0.29) is 7.43 Å². The van der Waals surface area contributed by atoms with Crippen LogP contribution in [0.2, 0.25) is 0 Å². The Bertz CT molecular complexity index is 584. The van der Waals surface area contributed by atoms with E-state index in [1.807, 2.05) is 18.5 Å². The van der Waals surface area contributed by atoms with E-state index in [0.717, 1.165) is 30.3 Å². The van der Waals surface area contributed by atoms with Crippen LogP contribution in [0.25, 0.3) is 0 Å². The molecule has 1 aliphatic rings. The predicted molar refractivity (Wildman–Crippen MR) is 96.5 cm³/mol. The summed E-state index contributed by atoms with van der Waals surface area (Å²) in [7, 11) is 0. The van der Waals surface area contributed by atoms with Crippen molar-refractivity contribution in [2.24, 2.45) is 4.99 Å². The van der Waals surface area contributed by atoms with Crippen LogP contribution in [-0.2, 0) is 12.8 Å². The highest BCUT2D eigenvalue weighted by Crippen LogP contribution is 2.14. The zero-order valence-electron chi connectivity index (χ0n) is 11.9. The van der Waals surface area contributed by atoms with Crippen molar-refractivity contribution in [3.05, 3.63) is 66.0 Å². The highest BCUT2D eigenvalue weighted by molar-refractivity contribution is 8.13. The lowest BCUT2D eigenvalue weighted by molar-refractivity contribution is 0.656. The molecule has 0 saturated heterocycles. The first-order chi connectivity index (χ1) is 10.4. The van der Waals surface area contributed by atoms with Gasteiger partial charge in [-0.25, -0.2) is 0 Å². The summed E-state index contributed by atoms with van der Waals surface area (Å²) in [6, 6.07) is 15.1. The monoisotopic (exact) mass is 313 g/mol. The number of aryl methyl sites for hydroxylation is 1. The van der Waals surface area contributed by atoms with E-state index in [1.54, 1.807) is 11.8 Å². The zero-order chi connectivity index (χ0) is 14.3. The number of aromatic nitrogens is 1. The van der Waals surface area contributed by atoms with Gasteiger partial charge in [-0.15, -0.1) is 0 Å². The van der Waals surface area contributed by atoms with E-state index in [9.17, 15) is 0 Å². The third-order valence-corrected chi connectivity index (χ3v) is 4.39. The lowest BCUT2D eigenvalue weighted by Gasteiger charge is -2.11. The third-order valence-electron chi connectivity index (χ3n) is 3.46. The van der Waals surface area contributed by atoms with E-state index >= 15 is 0 Å². The molecule has 2 heterocycles. The average Bonchev–Trinajstić information content (AvgIpc) is 2.97. The Kier molecular flexibility index (Phi) is 6.46. The summed E-state index contributed by atoms with van der Waals surface area (Å²) in [5, 5.41) is 4.61. The number of nitrogens with one attached hydrogen (secondary N) is 1. The Labute approximate surface area is 137 Å². The zero-order valence-corrected chi connectivity index (χ0v) is 12.7. The van der Waals surface area contributed by atoms with Crippen LogP contribution in [-0.4, -0.2) is 28.5 Å². The highest BCUT2D eigenvalue weighted by Gasteiger charge is 2.17. The quantitative estimate of drug-likeness (QED) is 0.917. The van der Waals surface area contributed by atoms with Crippen molar-refractivity contribution < 1.29 is 0 Å². The van der Waals surface area contributed by atoms with Crippen molar-refractivity contribution in [1.82, 2.24) is 10.3 Å². The molecule has 2 aromatic rings. The SMILES string of the molecule is C.c1ccc(CC2CN=C(SCCc3cccnc3)N2)cc1. The second-order valence-corrected chi connectivity index (χ2v) is 6.22. The van der Waals surface area contributed by atoms with E-state index < -0.39 is 0 Å². The summed E-state index contributed by atoms with van der Waals surface area (Å²) in [5.41, 5.74) is 2.65. The van der Waals surface area contributed by atoms with Crippen molar-refractivity contribution in [2.75, 3.05) is 12.3 Å². The molecular weight excluding hydrogens is 290 g/mol. The van der Waals surface area contributed by atoms with Gasteiger partial charge in [0.05, 0.1) is 12.6 Å². The minimum atomic E-state index is 0. The molecular formula is C18H23N3S. The largest absolute Gasteiger partial charge is 0.360 e. The first kappa shape index (κ1) is 16.6. The Morgan fingerprint density at radius 3 is 2.68 bits per heavy atom. The van der Waals surface area contributed by atoms with Gasteiger partial charge in [0.1, 0.15) is 0 Å². The van der Waals surface area contributed by atoms with Crippen LogP contribution >= 0.6 is 11.8 Å². The van der Waals surface area contributed by atoms with Gasteiger partial charge >= 0.3 is 0 Å². The number of hydrogen-bond donors (Lipinski definition) is 1. The molecule has 1 aliphatic heterocycles. The summed E-state index contributed by atoms with van der Waals surface area (Å²) < 4.78 is 0. The minimum Gasteiger partial charge on any atom is -0.360 e. The topological polar surface area (TPSA) is 37.3 Å². The van der Waals surface area contributed by atoms with Crippen LogP contribution in [0.5, 0.6) is 0 Å². The number of hydrogen-bond acceptors (Lipinski definition) is 4. The minimum absolute atomic E-state index is 0. The maximum Gasteiger partial charge on any atom is 0.156 e. The van der Waals surface area contributed by atoms with Crippen LogP contribution < -0.4 is 5.32 Å². The molecule has 4 heteroatoms. The van der Waals surface area contributed by atoms with Crippen molar-refractivity contribution in [3.8, 4) is 0 Å². The number of amidine groups is 1. The van der Waals surface area contributed by atoms with Gasteiger partial charge in [-0.05, 0) is 30.0 Å². The molecule has 1 atom stereocenters. The molecule has 1 N–H and O–H groups in total. The number of thioether (sulfide) groups is 1. The van der Waals surface area contributed by atoms with Gasteiger partial charge < -0.3 is 5.32 Å². The molecule has 116 valence electrons. The second kappa shape index (κ2) is 8.59. The number of rotatable bonds is 5. The molecule has 0 aliphatic carbocycles. The second-order valence-electron chi connectivity index (χ2n) is 5.14. The number of pyridine rings is 1. The fraction of sp³-hybridized carbons (Fsp3) is 0.333. The summed E-state index contributed by atoms with van der Waals surface area (Å²) in [5.74, 6) is 1.04. The Morgan fingerprint density at radius 2 is 1.91 bits per heavy atom. The first-order valence-electron chi connectivity index (χ1n) is 7.27. The van der Waals surface area contributed by atoms with Crippen LogP contribution in [0.4, 0.5) is 0 Å². The molecule has 3 rings (SSSR count). The van der Waals surface area contributed by atoms with Crippen molar-refractivity contribution >= 4 is 16.9 Å². The lowest BCUT2D eigenvalue weighted by atomic mass is 10.1. The smallest absolute Gasteiger partial charge is 0.156 e. The molecule has 0 radical (unpaired) electrons. The lowest BCUT2D eigenvalue weighted by Crippen LogP contribution is -2.30. The number of nitrogens with zero attached hydrogens (tertiary/aromatic N) is 2. The van der Waals surface area contributed by atoms with Crippen molar-refractivity contribution in [1.29, 1.82) is 0 Å². The molecule has 0 saturated carbocycles. The van der Waals surface area contributed by atoms with Crippen LogP contribution in [0.15, 0.2) is 59.9 Å². The molecule has 3 nitrogen and oxygen atoms in total. The van der Waals surface area contributed by atoms with Crippen molar-refractivity contribution in [2.45, 2.75) is 26.3 Å². The summed E-state index contributed by atoms with van der Waals surface area (Å²) >= 11 is 1.80. The van der Waals surface area contributed by atoms with Gasteiger partial charge in [0.2, 0.25) is 0 Å². The van der Waals surface area contributed by atoms with E-state index in [1.165, 1.54) is 11.1 Å². The van der Waals surface area contributed by atoms with E-state index in [4.69, 9.17) is 0 Å². The molecule has 1 unspecified atom stereocenters. The van der Waals surface area contributed by atoms with Gasteiger partial charge in [-0.1, -0.05) is 55.6 Å². The summed E-state index contributed by atoms with van der Waals surface area (Å²) in [6.07, 6.45) is 5.82. The van der Waals surface area contributed by atoms with Gasteiger partial charge in [0, 0.05) is 18.1 Å². The van der Waals surface area contributed by atoms with Gasteiger partial charge in [0.15, 0.2) is 5.17 Å². The summed E-state index contributed by atoms with van der Waals surface area (Å²) in [4.78, 5) is 8.74. The number of benzene rings is 1. The first-order valence-corrected chi connectivity index (χ1v) is 8.25. The average molecular weight is 313 g/mol. The van der Waals surface area contributed by atoms with Crippen molar-refractivity contribution in [3.63, 3.8) is 0 Å². The third kappa shape index (κ3) is 4.88. The van der Waals surface area contributed by atoms with Gasteiger partial charge in [-0.2, -0.15) is 0 Å². The standard InChI is InChI=1S/C17H19N3S.CH4/c1-2-5-14(6-3-1)11-16-13-19-17(20-16)21-10-8-15-7-4-9-18-12-15;/h1-7,9,12,16H,8,10-11,13H2,(H,19,20);1H4. The van der Waals surface area contributed by atoms with Gasteiger partial charge in [0.25, 0.3) is 0 Å². The predicted octanol–water partition coefficient (Wildman–Crippen LogP) is 3.56. The van der Waals surface area contributed by atoms with Gasteiger partial charge in [-0.3, -0.25) is 9.98 Å². The molecule has 0 spiro atoms. The molecule has 1 aromatic heterocycles. The fourth-order valence-corrected chi connectivity index (χ4v) is 3.32. The Balaban J connectivity index is 0.00000176. The Morgan fingerprint density at radius 1 is 1.09 bits per heavy atom. The normalized spacial score (nSPS) is 16.5. The fourth-order valence-electron chi connectivity index (χ4n) is 2.37. The number of aliphatic imine (C=N–C) groups is 1. The molecule has 0 fully saturated rings. The van der Waals surface area contributed by atoms with Crippen LogP contribution in [0.1, 0.15) is 18.6 Å². The van der Waals surface area contributed by atoms with E-state index in [0.29, 0.717) is 6.04 Å². The molecule has 22 heavy (non-hydrogen) atoms. The molecule has 0 bridgehead atoms. The van der Waals surface area contributed by atoms with E-state index in [2.05, 4.69) is 51.7 Å². The molecule has 0 amide bonds. The maximum atomic E-state index is 4.60. The van der Waals surface area contributed by atoms with Crippen LogP contribution in [0, 0.1) is 0 Å². The maximum absolute atomic E-state index is 4.60.